The second-order valence-electron chi connectivity index (χ2n) is 10.4. The molecular weight excluding hydrogens is 431 g/mol. The molecule has 2 nitrogen and oxygen atoms in total. The Morgan fingerprint density at radius 2 is 1.51 bits per heavy atom. The summed E-state index contributed by atoms with van der Waals surface area (Å²) in [5, 5.41) is 0. The van der Waals surface area contributed by atoms with Gasteiger partial charge in [-0.1, -0.05) is 101 Å². The molecule has 0 N–H and O–H groups in total. The lowest BCUT2D eigenvalue weighted by Crippen LogP contribution is -2.16. The lowest BCUT2D eigenvalue weighted by Gasteiger charge is -2.25. The van der Waals surface area contributed by atoms with Gasteiger partial charge in [0.15, 0.2) is 0 Å². The Balaban J connectivity index is 2.10. The summed E-state index contributed by atoms with van der Waals surface area (Å²) in [5.41, 5.74) is 6.90. The summed E-state index contributed by atoms with van der Waals surface area (Å²) in [6, 6.07) is 22.8. The van der Waals surface area contributed by atoms with Gasteiger partial charge in [0.1, 0.15) is 11.5 Å². The minimum absolute atomic E-state index is 0.332. The van der Waals surface area contributed by atoms with Crippen LogP contribution in [0.15, 0.2) is 72.9 Å². The molecule has 4 rings (SSSR count). The average molecular weight is 469 g/mol. The van der Waals surface area contributed by atoms with E-state index in [0.717, 1.165) is 28.3 Å². The van der Waals surface area contributed by atoms with Crippen LogP contribution >= 0.6 is 0 Å². The molecule has 1 heterocycles. The van der Waals surface area contributed by atoms with Gasteiger partial charge in [-0.25, -0.2) is 9.37 Å². The lowest BCUT2D eigenvalue weighted by atomic mass is 9.89. The fourth-order valence-electron chi connectivity index (χ4n) is 4.80. The van der Waals surface area contributed by atoms with E-state index in [0.29, 0.717) is 23.8 Å². The number of benzene rings is 3. The van der Waals surface area contributed by atoms with Crippen LogP contribution in [0.1, 0.15) is 82.1 Å². The second-order valence-corrected chi connectivity index (χ2v) is 10.4. The maximum Gasteiger partial charge on any atom is 0.145 e. The van der Waals surface area contributed by atoms with E-state index in [1.807, 2.05) is 31.2 Å². The molecule has 0 aliphatic heterocycles. The third-order valence-electron chi connectivity index (χ3n) is 7.00. The van der Waals surface area contributed by atoms with Crippen LogP contribution in [-0.4, -0.2) is 9.55 Å². The van der Waals surface area contributed by atoms with Gasteiger partial charge in [-0.15, -0.1) is 0 Å². The van der Waals surface area contributed by atoms with Crippen molar-refractivity contribution in [2.45, 2.75) is 72.4 Å². The number of aromatic nitrogens is 2. The highest BCUT2D eigenvalue weighted by Crippen LogP contribution is 2.40. The number of nitrogens with zero attached hydrogens (tertiary/aromatic N) is 2. The highest BCUT2D eigenvalue weighted by Gasteiger charge is 2.29. The van der Waals surface area contributed by atoms with Crippen LogP contribution in [-0.2, 0) is 5.67 Å². The molecular formula is C32H37FN2. The van der Waals surface area contributed by atoms with Gasteiger partial charge in [0, 0.05) is 17.3 Å². The van der Waals surface area contributed by atoms with E-state index in [1.54, 1.807) is 6.92 Å². The molecule has 1 atom stereocenters. The quantitative estimate of drug-likeness (QED) is 0.264. The molecule has 0 radical (unpaired) electrons. The van der Waals surface area contributed by atoms with Crippen molar-refractivity contribution in [3.8, 4) is 28.3 Å². The monoisotopic (exact) mass is 468 g/mol. The van der Waals surface area contributed by atoms with Gasteiger partial charge in [-0.3, -0.25) is 4.57 Å². The highest BCUT2D eigenvalue weighted by atomic mass is 19.1. The fourth-order valence-corrected chi connectivity index (χ4v) is 4.80. The van der Waals surface area contributed by atoms with Gasteiger partial charge in [0.25, 0.3) is 0 Å². The number of halogens is 1. The zero-order valence-corrected chi connectivity index (χ0v) is 22.1. The molecule has 0 aliphatic carbocycles. The van der Waals surface area contributed by atoms with E-state index < -0.39 is 5.67 Å². The molecule has 1 aromatic heterocycles. The van der Waals surface area contributed by atoms with Gasteiger partial charge in [-0.2, -0.15) is 0 Å². The summed E-state index contributed by atoms with van der Waals surface area (Å²) in [5.74, 6) is 1.45. The van der Waals surface area contributed by atoms with Crippen molar-refractivity contribution in [2.75, 3.05) is 0 Å². The van der Waals surface area contributed by atoms with E-state index in [-0.39, 0.29) is 0 Å². The second kappa shape index (κ2) is 9.81. The predicted molar refractivity (Wildman–Crippen MR) is 146 cm³/mol. The Labute approximate surface area is 209 Å². The Morgan fingerprint density at radius 3 is 2.11 bits per heavy atom. The summed E-state index contributed by atoms with van der Waals surface area (Å²) < 4.78 is 18.0. The molecule has 0 aliphatic rings. The summed E-state index contributed by atoms with van der Waals surface area (Å²) in [7, 11) is 0. The van der Waals surface area contributed by atoms with Crippen LogP contribution in [0, 0.1) is 6.92 Å². The van der Waals surface area contributed by atoms with Crippen molar-refractivity contribution < 1.29 is 4.39 Å². The number of hydrogen-bond acceptors (Lipinski definition) is 1. The average Bonchev–Trinajstić information content (AvgIpc) is 3.28. The third kappa shape index (κ3) is 4.82. The van der Waals surface area contributed by atoms with Gasteiger partial charge >= 0.3 is 0 Å². The highest BCUT2D eigenvalue weighted by molar-refractivity contribution is 5.72. The summed E-state index contributed by atoms with van der Waals surface area (Å²) >= 11 is 0. The molecule has 182 valence electrons. The SMILES string of the molecule is CCC(C)(F)c1ccccc1-c1nc(-c2cccc(C)c2)cn1-c1c(C(C)C)cccc1C(C)C. The maximum absolute atomic E-state index is 15.8. The van der Waals surface area contributed by atoms with Gasteiger partial charge in [0.2, 0.25) is 0 Å². The molecule has 0 saturated heterocycles. The molecule has 0 spiro atoms. The molecule has 1 unspecified atom stereocenters. The van der Waals surface area contributed by atoms with Crippen LogP contribution in [0.25, 0.3) is 28.3 Å². The van der Waals surface area contributed by atoms with Crippen LogP contribution < -0.4 is 0 Å². The molecule has 3 heteroatoms. The molecule has 0 bridgehead atoms. The molecule has 0 fully saturated rings. The molecule has 35 heavy (non-hydrogen) atoms. The Hall–Kier alpha value is -3.20. The molecule has 4 aromatic rings. The first kappa shape index (κ1) is 24.9. The van der Waals surface area contributed by atoms with E-state index >= 15 is 4.39 Å². The van der Waals surface area contributed by atoms with Crippen LogP contribution in [0.4, 0.5) is 4.39 Å². The Morgan fingerprint density at radius 1 is 0.886 bits per heavy atom. The normalized spacial score (nSPS) is 13.4. The van der Waals surface area contributed by atoms with Crippen molar-refractivity contribution in [3.63, 3.8) is 0 Å². The molecule has 0 saturated carbocycles. The van der Waals surface area contributed by atoms with Crippen LogP contribution in [0.5, 0.6) is 0 Å². The van der Waals surface area contributed by atoms with Gasteiger partial charge < -0.3 is 0 Å². The van der Waals surface area contributed by atoms with E-state index in [1.165, 1.54) is 16.7 Å². The van der Waals surface area contributed by atoms with E-state index in [2.05, 4.69) is 87.8 Å². The van der Waals surface area contributed by atoms with Crippen molar-refractivity contribution in [1.82, 2.24) is 9.55 Å². The summed E-state index contributed by atoms with van der Waals surface area (Å²) in [6.07, 6.45) is 2.53. The van der Waals surface area contributed by atoms with Gasteiger partial charge in [0.05, 0.1) is 11.4 Å². The van der Waals surface area contributed by atoms with Crippen molar-refractivity contribution >= 4 is 0 Å². The first-order chi connectivity index (χ1) is 16.6. The maximum atomic E-state index is 15.8. The van der Waals surface area contributed by atoms with Crippen molar-refractivity contribution in [2.24, 2.45) is 0 Å². The Kier molecular flexibility index (Phi) is 6.98. The number of alkyl halides is 1. The number of aryl methyl sites for hydroxylation is 1. The smallest absolute Gasteiger partial charge is 0.145 e. The summed E-state index contributed by atoms with van der Waals surface area (Å²) in [4.78, 5) is 5.17. The number of imidazole rings is 1. The first-order valence-electron chi connectivity index (χ1n) is 12.7. The fraction of sp³-hybridized carbons (Fsp3) is 0.344. The molecule has 3 aromatic carbocycles. The standard InChI is InChI=1S/C32H37FN2/c1-8-32(7,33)28-18-10-9-15-27(28)31-34-29(24-14-11-13-23(6)19-24)20-35(31)30-25(21(2)3)16-12-17-26(30)22(4)5/h9-22H,8H2,1-7H3. The lowest BCUT2D eigenvalue weighted by molar-refractivity contribution is 0.186. The Bertz CT molecular complexity index is 1300. The predicted octanol–water partition coefficient (Wildman–Crippen LogP) is 9.36. The number of para-hydroxylation sites is 1. The van der Waals surface area contributed by atoms with Crippen molar-refractivity contribution in [1.29, 1.82) is 0 Å². The zero-order chi connectivity index (χ0) is 25.3. The number of hydrogen-bond donors (Lipinski definition) is 0. The van der Waals surface area contributed by atoms with Crippen molar-refractivity contribution in [3.05, 3.63) is 95.2 Å². The van der Waals surface area contributed by atoms with Crippen LogP contribution in [0.3, 0.4) is 0 Å². The minimum atomic E-state index is -1.45. The minimum Gasteiger partial charge on any atom is -0.299 e. The third-order valence-corrected chi connectivity index (χ3v) is 7.00. The largest absolute Gasteiger partial charge is 0.299 e. The summed E-state index contributed by atoms with van der Waals surface area (Å²) in [6.45, 7) is 14.6. The molecule has 0 amide bonds. The zero-order valence-electron chi connectivity index (χ0n) is 22.1. The topological polar surface area (TPSA) is 17.8 Å². The van der Waals surface area contributed by atoms with E-state index in [9.17, 15) is 0 Å². The van der Waals surface area contributed by atoms with Gasteiger partial charge in [-0.05, 0) is 54.9 Å². The van der Waals surface area contributed by atoms with Crippen LogP contribution in [0.2, 0.25) is 0 Å². The number of rotatable bonds is 7. The van der Waals surface area contributed by atoms with E-state index in [4.69, 9.17) is 4.98 Å². The first-order valence-corrected chi connectivity index (χ1v) is 12.7.